The minimum Gasteiger partial charge on any atom is -0.455 e. The first kappa shape index (κ1) is 32.3. The Hall–Kier alpha value is -7.10. The molecule has 0 N–H and O–H groups in total. The van der Waals surface area contributed by atoms with Crippen LogP contribution in [0.5, 0.6) is 0 Å². The molecule has 3 heteroatoms. The van der Waals surface area contributed by atoms with Crippen molar-refractivity contribution in [2.45, 2.75) is 19.3 Å². The van der Waals surface area contributed by atoms with E-state index < -0.39 is 0 Å². The van der Waals surface area contributed by atoms with Gasteiger partial charge in [-0.3, -0.25) is 0 Å². The molecule has 0 bridgehead atoms. The minimum absolute atomic E-state index is 0.122. The summed E-state index contributed by atoms with van der Waals surface area (Å²) in [6.45, 7) is 4.65. The highest BCUT2D eigenvalue weighted by Crippen LogP contribution is 2.50. The number of hydrogen-bond donors (Lipinski definition) is 0. The maximum absolute atomic E-state index is 6.85. The third kappa shape index (κ3) is 5.12. The van der Waals surface area contributed by atoms with Gasteiger partial charge in [0.15, 0.2) is 5.82 Å². The molecular formula is C53H36N2O. The standard InChI is InChI=1S/C53H36N2O/c1-53(2)46-23-12-11-20-42(46)43-26-25-36(31-47(43)53)48-32-49(55-52(54-48)35-17-7-4-8-18-35)39-29-37(33-14-5-3-6-15-33)28-38(30-39)41-21-13-22-44-45-27-24-34-16-9-10-19-40(34)50(45)56-51(41)44/h3-32H,1-2H3. The van der Waals surface area contributed by atoms with Gasteiger partial charge in [0.2, 0.25) is 0 Å². The monoisotopic (exact) mass is 716 g/mol. The summed E-state index contributed by atoms with van der Waals surface area (Å²) in [4.78, 5) is 10.5. The summed E-state index contributed by atoms with van der Waals surface area (Å²) in [6, 6.07) is 64.7. The first-order valence-electron chi connectivity index (χ1n) is 19.2. The van der Waals surface area contributed by atoms with Gasteiger partial charge in [0.05, 0.1) is 11.4 Å². The number of benzene rings is 8. The van der Waals surface area contributed by atoms with Crippen molar-refractivity contribution < 1.29 is 4.42 Å². The summed E-state index contributed by atoms with van der Waals surface area (Å²) in [5.74, 6) is 0.694. The van der Waals surface area contributed by atoms with Gasteiger partial charge in [0.1, 0.15) is 11.2 Å². The van der Waals surface area contributed by atoms with Crippen LogP contribution in [-0.4, -0.2) is 9.97 Å². The van der Waals surface area contributed by atoms with Crippen LogP contribution in [0.15, 0.2) is 186 Å². The molecule has 0 amide bonds. The number of para-hydroxylation sites is 1. The molecule has 0 radical (unpaired) electrons. The lowest BCUT2D eigenvalue weighted by atomic mass is 9.82. The first-order valence-corrected chi connectivity index (χ1v) is 19.2. The maximum Gasteiger partial charge on any atom is 0.160 e. The largest absolute Gasteiger partial charge is 0.455 e. The van der Waals surface area contributed by atoms with E-state index in [0.29, 0.717) is 5.82 Å². The molecule has 1 aliphatic rings. The number of hydrogen-bond acceptors (Lipinski definition) is 3. The summed E-state index contributed by atoms with van der Waals surface area (Å²) in [5, 5.41) is 4.51. The fraction of sp³-hybridized carbons (Fsp3) is 0.0566. The predicted octanol–water partition coefficient (Wildman–Crippen LogP) is 14.2. The Morgan fingerprint density at radius 2 is 1.00 bits per heavy atom. The van der Waals surface area contributed by atoms with E-state index in [1.165, 1.54) is 27.6 Å². The average molecular weight is 717 g/mol. The summed E-state index contributed by atoms with van der Waals surface area (Å²) in [7, 11) is 0. The molecule has 0 aliphatic heterocycles. The normalized spacial score (nSPS) is 13.0. The highest BCUT2D eigenvalue weighted by Gasteiger charge is 2.35. The summed E-state index contributed by atoms with van der Waals surface area (Å²) in [6.07, 6.45) is 0. The lowest BCUT2D eigenvalue weighted by Crippen LogP contribution is -2.14. The summed E-state index contributed by atoms with van der Waals surface area (Å²) >= 11 is 0. The molecule has 10 aromatic rings. The third-order valence-electron chi connectivity index (χ3n) is 11.7. The molecule has 11 rings (SSSR count). The molecule has 2 heterocycles. The molecule has 0 fully saturated rings. The van der Waals surface area contributed by atoms with Gasteiger partial charge in [-0.2, -0.15) is 0 Å². The van der Waals surface area contributed by atoms with Gasteiger partial charge in [-0.05, 0) is 80.7 Å². The van der Waals surface area contributed by atoms with E-state index in [0.717, 1.165) is 77.7 Å². The van der Waals surface area contributed by atoms with Gasteiger partial charge >= 0.3 is 0 Å². The number of rotatable bonds is 5. The van der Waals surface area contributed by atoms with Crippen LogP contribution < -0.4 is 0 Å². The number of fused-ring (bicyclic) bond motifs is 8. The van der Waals surface area contributed by atoms with Gasteiger partial charge in [-0.1, -0.05) is 159 Å². The van der Waals surface area contributed by atoms with Crippen molar-refractivity contribution in [3.63, 3.8) is 0 Å². The Balaban J connectivity index is 1.13. The fourth-order valence-corrected chi connectivity index (χ4v) is 8.80. The Bertz CT molecular complexity index is 3160. The van der Waals surface area contributed by atoms with Crippen LogP contribution >= 0.6 is 0 Å². The second-order valence-corrected chi connectivity index (χ2v) is 15.4. The zero-order valence-corrected chi connectivity index (χ0v) is 31.1. The van der Waals surface area contributed by atoms with Crippen LogP contribution in [0.2, 0.25) is 0 Å². The highest BCUT2D eigenvalue weighted by atomic mass is 16.3. The molecular weight excluding hydrogens is 681 g/mol. The summed E-state index contributed by atoms with van der Waals surface area (Å²) < 4.78 is 6.85. The molecule has 56 heavy (non-hydrogen) atoms. The zero-order valence-electron chi connectivity index (χ0n) is 31.1. The van der Waals surface area contributed by atoms with Crippen LogP contribution in [-0.2, 0) is 5.41 Å². The lowest BCUT2D eigenvalue weighted by Gasteiger charge is -2.22. The van der Waals surface area contributed by atoms with Crippen molar-refractivity contribution in [2.24, 2.45) is 0 Å². The van der Waals surface area contributed by atoms with Crippen LogP contribution in [0.4, 0.5) is 0 Å². The second-order valence-electron chi connectivity index (χ2n) is 15.4. The van der Waals surface area contributed by atoms with E-state index in [4.69, 9.17) is 14.4 Å². The van der Waals surface area contributed by atoms with Gasteiger partial charge in [0, 0.05) is 43.8 Å². The molecule has 8 aromatic carbocycles. The first-order chi connectivity index (χ1) is 27.5. The van der Waals surface area contributed by atoms with Crippen molar-refractivity contribution in [2.75, 3.05) is 0 Å². The Morgan fingerprint density at radius 1 is 0.375 bits per heavy atom. The van der Waals surface area contributed by atoms with E-state index in [9.17, 15) is 0 Å². The van der Waals surface area contributed by atoms with E-state index in [2.05, 4.69) is 178 Å². The van der Waals surface area contributed by atoms with E-state index >= 15 is 0 Å². The maximum atomic E-state index is 6.85. The SMILES string of the molecule is CC1(C)c2ccccc2-c2ccc(-c3cc(-c4cc(-c5ccccc5)cc(-c5cccc6c5oc5c7ccccc7ccc65)c4)nc(-c4ccccc4)n3)cc21. The molecule has 1 aliphatic carbocycles. The topological polar surface area (TPSA) is 38.9 Å². The third-order valence-corrected chi connectivity index (χ3v) is 11.7. The Morgan fingerprint density at radius 3 is 1.84 bits per heavy atom. The number of nitrogens with zero attached hydrogens (tertiary/aromatic N) is 2. The quantitative estimate of drug-likeness (QED) is 0.178. The van der Waals surface area contributed by atoms with Crippen molar-refractivity contribution in [3.8, 4) is 67.3 Å². The molecule has 0 spiro atoms. The minimum atomic E-state index is -0.122. The Kier molecular flexibility index (Phi) is 7.20. The van der Waals surface area contributed by atoms with Crippen molar-refractivity contribution >= 4 is 32.7 Å². The van der Waals surface area contributed by atoms with Gasteiger partial charge < -0.3 is 4.42 Å². The second kappa shape index (κ2) is 12.5. The van der Waals surface area contributed by atoms with Gasteiger partial charge in [0.25, 0.3) is 0 Å². The molecule has 0 saturated heterocycles. The predicted molar refractivity (Wildman–Crippen MR) is 232 cm³/mol. The Labute approximate surface area is 325 Å². The fourth-order valence-electron chi connectivity index (χ4n) is 8.80. The molecule has 0 unspecified atom stereocenters. The van der Waals surface area contributed by atoms with E-state index in [-0.39, 0.29) is 5.41 Å². The van der Waals surface area contributed by atoms with E-state index in [1.54, 1.807) is 0 Å². The van der Waals surface area contributed by atoms with Crippen LogP contribution in [0.1, 0.15) is 25.0 Å². The smallest absolute Gasteiger partial charge is 0.160 e. The number of aromatic nitrogens is 2. The van der Waals surface area contributed by atoms with Gasteiger partial charge in [-0.25, -0.2) is 9.97 Å². The van der Waals surface area contributed by atoms with E-state index in [1.807, 2.05) is 18.2 Å². The van der Waals surface area contributed by atoms with Crippen LogP contribution in [0.25, 0.3) is 100.0 Å². The van der Waals surface area contributed by atoms with Gasteiger partial charge in [-0.15, -0.1) is 0 Å². The van der Waals surface area contributed by atoms with Crippen LogP contribution in [0.3, 0.4) is 0 Å². The van der Waals surface area contributed by atoms with Crippen molar-refractivity contribution in [1.29, 1.82) is 0 Å². The highest BCUT2D eigenvalue weighted by molar-refractivity contribution is 6.17. The van der Waals surface area contributed by atoms with Crippen LogP contribution in [0, 0.1) is 0 Å². The zero-order chi connectivity index (χ0) is 37.4. The number of furan rings is 1. The molecule has 264 valence electrons. The molecule has 3 nitrogen and oxygen atoms in total. The molecule has 2 aromatic heterocycles. The summed E-state index contributed by atoms with van der Waals surface area (Å²) in [5.41, 5.74) is 16.1. The molecule has 0 atom stereocenters. The van der Waals surface area contributed by atoms with Crippen molar-refractivity contribution in [3.05, 3.63) is 193 Å². The molecule has 0 saturated carbocycles. The van der Waals surface area contributed by atoms with Crippen molar-refractivity contribution in [1.82, 2.24) is 9.97 Å². The average Bonchev–Trinajstić information content (AvgIpc) is 3.76. The lowest BCUT2D eigenvalue weighted by molar-refractivity contribution is 0.660.